The van der Waals surface area contributed by atoms with Crippen molar-refractivity contribution in [3.63, 3.8) is 0 Å². The Morgan fingerprint density at radius 3 is 2.45 bits per heavy atom. The van der Waals surface area contributed by atoms with E-state index in [9.17, 15) is 18.0 Å². The van der Waals surface area contributed by atoms with Crippen LogP contribution in [-0.4, -0.2) is 31.8 Å². The molecule has 5 nitrogen and oxygen atoms in total. The van der Waals surface area contributed by atoms with Crippen molar-refractivity contribution in [2.75, 3.05) is 20.8 Å². The van der Waals surface area contributed by atoms with Crippen molar-refractivity contribution in [3.8, 4) is 11.5 Å². The first-order chi connectivity index (χ1) is 10.3. The van der Waals surface area contributed by atoms with Gasteiger partial charge in [-0.25, -0.2) is 0 Å². The zero-order valence-corrected chi connectivity index (χ0v) is 12.0. The zero-order chi connectivity index (χ0) is 16.5. The van der Waals surface area contributed by atoms with Crippen molar-refractivity contribution in [2.45, 2.75) is 18.6 Å². The molecule has 1 fully saturated rings. The van der Waals surface area contributed by atoms with Crippen LogP contribution in [0.25, 0.3) is 0 Å². The normalized spacial score (nSPS) is 21.7. The van der Waals surface area contributed by atoms with Crippen LogP contribution < -0.4 is 14.8 Å². The summed E-state index contributed by atoms with van der Waals surface area (Å²) in [7, 11) is 2.59. The number of carbonyl (C=O) groups is 1. The fourth-order valence-corrected chi connectivity index (χ4v) is 2.69. The highest BCUT2D eigenvalue weighted by molar-refractivity contribution is 5.71. The van der Waals surface area contributed by atoms with Crippen molar-refractivity contribution in [1.82, 2.24) is 5.32 Å². The molecule has 0 aromatic heterocycles. The van der Waals surface area contributed by atoms with Crippen molar-refractivity contribution >= 4 is 5.97 Å². The lowest BCUT2D eigenvalue weighted by Gasteiger charge is -2.22. The zero-order valence-electron chi connectivity index (χ0n) is 12.0. The second-order valence-corrected chi connectivity index (χ2v) is 4.99. The van der Waals surface area contributed by atoms with Gasteiger partial charge in [0.1, 0.15) is 0 Å². The van der Waals surface area contributed by atoms with Gasteiger partial charge in [-0.1, -0.05) is 0 Å². The molecule has 2 N–H and O–H groups in total. The molecule has 2 unspecified atom stereocenters. The minimum atomic E-state index is -4.57. The molecule has 1 aromatic carbocycles. The van der Waals surface area contributed by atoms with Gasteiger partial charge in [-0.2, -0.15) is 13.2 Å². The summed E-state index contributed by atoms with van der Waals surface area (Å²) < 4.78 is 49.9. The SMILES string of the molecule is COc1ccc(C(F)(F)F)c(C2CC(C(=O)O)CN2)c1OC. The Hall–Kier alpha value is -1.96. The maximum Gasteiger partial charge on any atom is 0.416 e. The van der Waals surface area contributed by atoms with E-state index in [0.717, 1.165) is 6.07 Å². The molecule has 2 atom stereocenters. The maximum absolute atomic E-state index is 13.3. The fraction of sp³-hybridized carbons (Fsp3) is 0.500. The van der Waals surface area contributed by atoms with E-state index in [0.29, 0.717) is 0 Å². The lowest BCUT2D eigenvalue weighted by Crippen LogP contribution is -2.20. The van der Waals surface area contributed by atoms with Gasteiger partial charge in [-0.15, -0.1) is 0 Å². The van der Waals surface area contributed by atoms with Gasteiger partial charge in [0, 0.05) is 18.2 Å². The number of hydrogen-bond donors (Lipinski definition) is 2. The molecule has 1 saturated heterocycles. The van der Waals surface area contributed by atoms with Gasteiger partial charge in [0.05, 0.1) is 25.7 Å². The first kappa shape index (κ1) is 16.4. The Morgan fingerprint density at radius 1 is 1.32 bits per heavy atom. The lowest BCUT2D eigenvalue weighted by molar-refractivity contribution is -0.141. The first-order valence-electron chi connectivity index (χ1n) is 6.57. The third-order valence-electron chi connectivity index (χ3n) is 3.72. The number of aliphatic carboxylic acids is 1. The molecule has 0 radical (unpaired) electrons. The number of ether oxygens (including phenoxy) is 2. The summed E-state index contributed by atoms with van der Waals surface area (Å²) in [4.78, 5) is 11.0. The molecule has 0 amide bonds. The van der Waals surface area contributed by atoms with Gasteiger partial charge >= 0.3 is 12.1 Å². The minimum Gasteiger partial charge on any atom is -0.493 e. The van der Waals surface area contributed by atoms with E-state index in [1.54, 1.807) is 0 Å². The van der Waals surface area contributed by atoms with E-state index < -0.39 is 29.7 Å². The molecule has 0 spiro atoms. The van der Waals surface area contributed by atoms with Gasteiger partial charge in [-0.3, -0.25) is 4.79 Å². The van der Waals surface area contributed by atoms with Crippen LogP contribution in [0.15, 0.2) is 12.1 Å². The molecule has 0 saturated carbocycles. The number of methoxy groups -OCH3 is 2. The molecular weight excluding hydrogens is 303 g/mol. The summed E-state index contributed by atoms with van der Waals surface area (Å²) >= 11 is 0. The van der Waals surface area contributed by atoms with E-state index >= 15 is 0 Å². The Kier molecular flexibility index (Phi) is 4.50. The largest absolute Gasteiger partial charge is 0.493 e. The molecule has 2 rings (SSSR count). The number of benzene rings is 1. The molecule has 8 heteroatoms. The number of rotatable bonds is 4. The van der Waals surface area contributed by atoms with E-state index in [-0.39, 0.29) is 30.0 Å². The van der Waals surface area contributed by atoms with Gasteiger partial charge < -0.3 is 19.9 Å². The molecule has 122 valence electrons. The number of halogens is 3. The minimum absolute atomic E-state index is 0.0270. The molecule has 1 aromatic rings. The summed E-state index contributed by atoms with van der Waals surface area (Å²) in [6.07, 6.45) is -4.51. The molecular formula is C14H16F3NO4. The summed E-state index contributed by atoms with van der Waals surface area (Å²) in [5.41, 5.74) is -0.966. The van der Waals surface area contributed by atoms with Gasteiger partial charge in [0.25, 0.3) is 0 Å². The van der Waals surface area contributed by atoms with Crippen molar-refractivity contribution in [1.29, 1.82) is 0 Å². The molecule has 1 heterocycles. The van der Waals surface area contributed by atoms with Crippen LogP contribution in [-0.2, 0) is 11.0 Å². The Morgan fingerprint density at radius 2 is 2.00 bits per heavy atom. The van der Waals surface area contributed by atoms with Crippen LogP contribution in [0.1, 0.15) is 23.6 Å². The van der Waals surface area contributed by atoms with Crippen molar-refractivity contribution in [3.05, 3.63) is 23.3 Å². The van der Waals surface area contributed by atoms with Gasteiger partial charge in [0.2, 0.25) is 0 Å². The third-order valence-corrected chi connectivity index (χ3v) is 3.72. The van der Waals surface area contributed by atoms with Gasteiger partial charge in [-0.05, 0) is 18.6 Å². The maximum atomic E-state index is 13.3. The summed E-state index contributed by atoms with van der Waals surface area (Å²) in [6.45, 7) is 0.109. The molecule has 1 aliphatic rings. The second-order valence-electron chi connectivity index (χ2n) is 4.99. The van der Waals surface area contributed by atoms with E-state index in [4.69, 9.17) is 14.6 Å². The smallest absolute Gasteiger partial charge is 0.416 e. The first-order valence-corrected chi connectivity index (χ1v) is 6.57. The summed E-state index contributed by atoms with van der Waals surface area (Å²) in [5.74, 6) is -1.63. The third kappa shape index (κ3) is 2.96. The fourth-order valence-electron chi connectivity index (χ4n) is 2.69. The second kappa shape index (κ2) is 6.04. The number of alkyl halides is 3. The van der Waals surface area contributed by atoms with E-state index in [1.807, 2.05) is 0 Å². The molecule has 0 aliphatic carbocycles. The highest BCUT2D eigenvalue weighted by atomic mass is 19.4. The summed E-state index contributed by atoms with van der Waals surface area (Å²) in [6, 6.07) is 1.35. The topological polar surface area (TPSA) is 67.8 Å². The standard InChI is InChI=1S/C14H16F3NO4/c1-21-10-4-3-8(14(15,16)17)11(12(10)22-2)9-5-7(6-18-9)13(19)20/h3-4,7,9,18H,5-6H2,1-2H3,(H,19,20). The van der Waals surface area contributed by atoms with E-state index in [1.165, 1.54) is 20.3 Å². The highest BCUT2D eigenvalue weighted by Gasteiger charge is 2.41. The lowest BCUT2D eigenvalue weighted by atomic mass is 9.94. The Bertz CT molecular complexity index is 574. The summed E-state index contributed by atoms with van der Waals surface area (Å²) in [5, 5.41) is 11.8. The highest BCUT2D eigenvalue weighted by Crippen LogP contribution is 2.46. The monoisotopic (exact) mass is 319 g/mol. The average Bonchev–Trinajstić information content (AvgIpc) is 2.94. The van der Waals surface area contributed by atoms with Crippen molar-refractivity contribution in [2.24, 2.45) is 5.92 Å². The van der Waals surface area contributed by atoms with Crippen LogP contribution >= 0.6 is 0 Å². The predicted molar refractivity (Wildman–Crippen MR) is 71.0 cm³/mol. The Labute approximate surface area is 125 Å². The van der Waals surface area contributed by atoms with Crippen LogP contribution in [0.3, 0.4) is 0 Å². The van der Waals surface area contributed by atoms with Crippen LogP contribution in [0.2, 0.25) is 0 Å². The van der Waals surface area contributed by atoms with Crippen molar-refractivity contribution < 1.29 is 32.5 Å². The molecule has 1 aliphatic heterocycles. The number of hydrogen-bond acceptors (Lipinski definition) is 4. The van der Waals surface area contributed by atoms with Crippen LogP contribution in [0.4, 0.5) is 13.2 Å². The number of carboxylic acids is 1. The van der Waals surface area contributed by atoms with Crippen LogP contribution in [0, 0.1) is 5.92 Å². The van der Waals surface area contributed by atoms with Crippen LogP contribution in [0.5, 0.6) is 11.5 Å². The molecule has 22 heavy (non-hydrogen) atoms. The predicted octanol–water partition coefficient (Wildman–Crippen LogP) is 2.46. The Balaban J connectivity index is 2.53. The van der Waals surface area contributed by atoms with E-state index in [2.05, 4.69) is 5.32 Å². The number of nitrogens with one attached hydrogen (secondary N) is 1. The number of carboxylic acid groups (broad SMARTS) is 1. The molecule has 0 bridgehead atoms. The average molecular weight is 319 g/mol. The quantitative estimate of drug-likeness (QED) is 0.892. The van der Waals surface area contributed by atoms with Gasteiger partial charge in [0.15, 0.2) is 11.5 Å².